The molecule has 0 fully saturated rings. The van der Waals surface area contributed by atoms with Gasteiger partial charge in [0.2, 0.25) is 0 Å². The van der Waals surface area contributed by atoms with E-state index >= 15 is 0 Å². The van der Waals surface area contributed by atoms with Crippen LogP contribution in [0.1, 0.15) is 33.8 Å². The first kappa shape index (κ1) is 14.9. The SMILES string of the molecule is Cc1ccc(C2=Cc3c(cc(C)c(C)c3-c3ccc(F)cc3)C2)o1. The number of halogens is 1. The van der Waals surface area contributed by atoms with Crippen LogP contribution in [0, 0.1) is 26.6 Å². The van der Waals surface area contributed by atoms with E-state index in [0.717, 1.165) is 23.5 Å². The predicted molar refractivity (Wildman–Crippen MR) is 96.3 cm³/mol. The lowest BCUT2D eigenvalue weighted by Crippen LogP contribution is -1.95. The van der Waals surface area contributed by atoms with Crippen molar-refractivity contribution in [1.29, 1.82) is 0 Å². The summed E-state index contributed by atoms with van der Waals surface area (Å²) in [4.78, 5) is 0. The molecule has 0 bridgehead atoms. The number of fused-ring (bicyclic) bond motifs is 1. The second-order valence-corrected chi connectivity index (χ2v) is 6.53. The van der Waals surface area contributed by atoms with Gasteiger partial charge >= 0.3 is 0 Å². The normalized spacial score (nSPS) is 13.1. The molecule has 1 aromatic heterocycles. The van der Waals surface area contributed by atoms with Gasteiger partial charge in [0.25, 0.3) is 0 Å². The molecule has 0 aliphatic heterocycles. The van der Waals surface area contributed by atoms with Crippen LogP contribution in [0.2, 0.25) is 0 Å². The molecule has 1 heterocycles. The van der Waals surface area contributed by atoms with Crippen LogP contribution in [0.4, 0.5) is 4.39 Å². The van der Waals surface area contributed by atoms with E-state index in [0.29, 0.717) is 0 Å². The van der Waals surface area contributed by atoms with E-state index in [1.54, 1.807) is 0 Å². The van der Waals surface area contributed by atoms with E-state index in [1.807, 2.05) is 31.2 Å². The highest BCUT2D eigenvalue weighted by Gasteiger charge is 2.22. The van der Waals surface area contributed by atoms with Gasteiger partial charge in [-0.05, 0) is 90.1 Å². The van der Waals surface area contributed by atoms with Crippen molar-refractivity contribution in [1.82, 2.24) is 0 Å². The molecule has 4 rings (SSSR count). The van der Waals surface area contributed by atoms with Gasteiger partial charge in [-0.15, -0.1) is 0 Å². The summed E-state index contributed by atoms with van der Waals surface area (Å²) in [6.45, 7) is 6.24. The summed E-state index contributed by atoms with van der Waals surface area (Å²) in [5.74, 6) is 1.65. The van der Waals surface area contributed by atoms with E-state index in [1.165, 1.54) is 45.5 Å². The lowest BCUT2D eigenvalue weighted by molar-refractivity contribution is 0.521. The van der Waals surface area contributed by atoms with Gasteiger partial charge in [0, 0.05) is 6.42 Å². The first-order valence-corrected chi connectivity index (χ1v) is 8.19. The summed E-state index contributed by atoms with van der Waals surface area (Å²) in [6.07, 6.45) is 3.09. The zero-order valence-corrected chi connectivity index (χ0v) is 14.1. The Morgan fingerprint density at radius 1 is 0.958 bits per heavy atom. The summed E-state index contributed by atoms with van der Waals surface area (Å²) < 4.78 is 19.1. The van der Waals surface area contributed by atoms with Crippen molar-refractivity contribution in [3.05, 3.63) is 82.1 Å². The molecule has 2 heteroatoms. The highest BCUT2D eigenvalue weighted by molar-refractivity contribution is 5.94. The molecule has 0 amide bonds. The Morgan fingerprint density at radius 3 is 2.38 bits per heavy atom. The molecule has 0 atom stereocenters. The third-order valence-corrected chi connectivity index (χ3v) is 4.86. The molecule has 0 unspecified atom stereocenters. The van der Waals surface area contributed by atoms with Gasteiger partial charge < -0.3 is 4.42 Å². The van der Waals surface area contributed by atoms with E-state index in [9.17, 15) is 4.39 Å². The van der Waals surface area contributed by atoms with E-state index in [4.69, 9.17) is 4.42 Å². The van der Waals surface area contributed by atoms with Gasteiger partial charge in [0.1, 0.15) is 17.3 Å². The number of hydrogen-bond acceptors (Lipinski definition) is 1. The fraction of sp³-hybridized carbons (Fsp3) is 0.182. The fourth-order valence-corrected chi connectivity index (χ4v) is 3.50. The lowest BCUT2D eigenvalue weighted by Gasteiger charge is -2.14. The van der Waals surface area contributed by atoms with Crippen molar-refractivity contribution in [2.75, 3.05) is 0 Å². The monoisotopic (exact) mass is 318 g/mol. The van der Waals surface area contributed by atoms with Crippen LogP contribution in [0.25, 0.3) is 22.8 Å². The Hall–Kier alpha value is -2.61. The lowest BCUT2D eigenvalue weighted by atomic mass is 9.90. The van der Waals surface area contributed by atoms with Crippen molar-refractivity contribution in [2.45, 2.75) is 27.2 Å². The molecule has 0 saturated heterocycles. The Morgan fingerprint density at radius 2 is 1.71 bits per heavy atom. The Kier molecular flexibility index (Phi) is 3.42. The van der Waals surface area contributed by atoms with Crippen LogP contribution < -0.4 is 0 Å². The quantitative estimate of drug-likeness (QED) is 0.556. The molecule has 0 spiro atoms. The molecule has 2 aromatic carbocycles. The third-order valence-electron chi connectivity index (χ3n) is 4.86. The van der Waals surface area contributed by atoms with E-state index in [-0.39, 0.29) is 5.82 Å². The molecule has 0 N–H and O–H groups in total. The van der Waals surface area contributed by atoms with Gasteiger partial charge in [-0.1, -0.05) is 18.2 Å². The van der Waals surface area contributed by atoms with Crippen LogP contribution in [0.15, 0.2) is 46.9 Å². The van der Waals surface area contributed by atoms with Crippen molar-refractivity contribution in [3.8, 4) is 11.1 Å². The summed E-state index contributed by atoms with van der Waals surface area (Å²) in [5.41, 5.74) is 8.50. The second kappa shape index (κ2) is 5.48. The standard InChI is InChI=1S/C22H19FO/c1-13-10-17-11-18(21-9-4-14(2)24-21)12-20(17)22(15(13)3)16-5-7-19(23)8-6-16/h4-10,12H,11H2,1-3H3. The molecule has 24 heavy (non-hydrogen) atoms. The zero-order valence-electron chi connectivity index (χ0n) is 14.1. The van der Waals surface area contributed by atoms with Crippen LogP contribution in [0.3, 0.4) is 0 Å². The topological polar surface area (TPSA) is 13.1 Å². The first-order chi connectivity index (χ1) is 11.5. The molecule has 1 nitrogen and oxygen atoms in total. The van der Waals surface area contributed by atoms with Gasteiger partial charge in [0.05, 0.1) is 0 Å². The summed E-state index contributed by atoms with van der Waals surface area (Å²) in [6, 6.07) is 13.1. The van der Waals surface area contributed by atoms with Crippen molar-refractivity contribution >= 4 is 11.6 Å². The number of allylic oxidation sites excluding steroid dienone is 1. The Bertz CT molecular complexity index is 958. The maximum Gasteiger partial charge on any atom is 0.130 e. The Labute approximate surface area is 141 Å². The minimum atomic E-state index is -0.206. The number of aryl methyl sites for hydroxylation is 2. The average Bonchev–Trinajstić information content (AvgIpc) is 3.16. The number of furan rings is 1. The van der Waals surface area contributed by atoms with Gasteiger partial charge in [-0.3, -0.25) is 0 Å². The van der Waals surface area contributed by atoms with Gasteiger partial charge in [-0.2, -0.15) is 0 Å². The smallest absolute Gasteiger partial charge is 0.130 e. The maximum atomic E-state index is 13.3. The first-order valence-electron chi connectivity index (χ1n) is 8.19. The molecular weight excluding hydrogens is 299 g/mol. The second-order valence-electron chi connectivity index (χ2n) is 6.53. The average molecular weight is 318 g/mol. The molecule has 1 aliphatic rings. The predicted octanol–water partition coefficient (Wildman–Crippen LogP) is 6.11. The highest BCUT2D eigenvalue weighted by atomic mass is 19.1. The summed E-state index contributed by atoms with van der Waals surface area (Å²) in [7, 11) is 0. The van der Waals surface area contributed by atoms with E-state index in [2.05, 4.69) is 26.0 Å². The molecular formula is C22H19FO. The van der Waals surface area contributed by atoms with E-state index < -0.39 is 0 Å². The molecule has 1 aliphatic carbocycles. The highest BCUT2D eigenvalue weighted by Crippen LogP contribution is 2.41. The molecule has 120 valence electrons. The number of rotatable bonds is 2. The zero-order chi connectivity index (χ0) is 16.8. The van der Waals surface area contributed by atoms with Crippen LogP contribution in [0.5, 0.6) is 0 Å². The minimum Gasteiger partial charge on any atom is -0.462 e. The third kappa shape index (κ3) is 2.39. The van der Waals surface area contributed by atoms with Crippen LogP contribution >= 0.6 is 0 Å². The fourth-order valence-electron chi connectivity index (χ4n) is 3.50. The number of hydrogen-bond donors (Lipinski definition) is 0. The maximum absolute atomic E-state index is 13.3. The number of benzene rings is 2. The van der Waals surface area contributed by atoms with Crippen LogP contribution in [-0.2, 0) is 6.42 Å². The van der Waals surface area contributed by atoms with Gasteiger partial charge in [-0.25, -0.2) is 4.39 Å². The van der Waals surface area contributed by atoms with Crippen molar-refractivity contribution in [3.63, 3.8) is 0 Å². The molecule has 3 aromatic rings. The summed E-state index contributed by atoms with van der Waals surface area (Å²) >= 11 is 0. The largest absolute Gasteiger partial charge is 0.462 e. The van der Waals surface area contributed by atoms with Crippen molar-refractivity contribution < 1.29 is 8.81 Å². The van der Waals surface area contributed by atoms with Crippen molar-refractivity contribution in [2.24, 2.45) is 0 Å². The summed E-state index contributed by atoms with van der Waals surface area (Å²) in [5, 5.41) is 0. The van der Waals surface area contributed by atoms with Crippen LogP contribution in [-0.4, -0.2) is 0 Å². The van der Waals surface area contributed by atoms with Gasteiger partial charge in [0.15, 0.2) is 0 Å². The Balaban J connectivity index is 1.89. The molecule has 0 radical (unpaired) electrons. The molecule has 0 saturated carbocycles. The minimum absolute atomic E-state index is 0.206.